The first-order valence-electron chi connectivity index (χ1n) is 14.4. The molecule has 0 aliphatic carbocycles. The number of aromatic nitrogens is 1. The largest absolute Gasteiger partial charge is 0.392 e. The molecule has 0 radical (unpaired) electrons. The molecule has 1 rings (SSSR count). The minimum Gasteiger partial charge on any atom is -0.392 e. The van der Waals surface area contributed by atoms with Crippen molar-refractivity contribution in [1.82, 2.24) is 9.88 Å². The number of rotatable bonds is 25. The third-order valence-corrected chi connectivity index (χ3v) is 8.81. The van der Waals surface area contributed by atoms with E-state index in [9.17, 15) is 10.2 Å². The standard InChI is InChI=1S/C29H54N2O2S2/c1-3-5-7-9-11-13-19-27(32)25-31(26-28(33)20-14-12-10-8-6-4-2)23-17-18-24-34-35-29-21-15-16-22-30-29/h15-16,21-22,27-28,32-33H,3-14,17-20,23-26H2,1-2H3. The molecule has 1 aromatic rings. The van der Waals surface area contributed by atoms with Crippen LogP contribution in [0.25, 0.3) is 0 Å². The molecule has 0 spiro atoms. The second kappa shape index (κ2) is 24.1. The van der Waals surface area contributed by atoms with Crippen LogP contribution < -0.4 is 0 Å². The van der Waals surface area contributed by atoms with Gasteiger partial charge in [-0.05, 0) is 55.2 Å². The van der Waals surface area contributed by atoms with Crippen LogP contribution in [0.3, 0.4) is 0 Å². The van der Waals surface area contributed by atoms with E-state index in [1.54, 1.807) is 10.8 Å². The maximum Gasteiger partial charge on any atom is 0.106 e. The van der Waals surface area contributed by atoms with Crippen molar-refractivity contribution in [2.45, 2.75) is 134 Å². The van der Waals surface area contributed by atoms with Crippen LogP contribution in [0, 0.1) is 0 Å². The lowest BCUT2D eigenvalue weighted by Gasteiger charge is -2.27. The first-order chi connectivity index (χ1) is 17.2. The molecule has 0 aliphatic heterocycles. The van der Waals surface area contributed by atoms with Crippen molar-refractivity contribution in [2.24, 2.45) is 0 Å². The van der Waals surface area contributed by atoms with E-state index >= 15 is 0 Å². The van der Waals surface area contributed by atoms with Crippen LogP contribution in [0.4, 0.5) is 0 Å². The van der Waals surface area contributed by atoms with Gasteiger partial charge in [0.1, 0.15) is 5.03 Å². The Balaban J connectivity index is 2.30. The first-order valence-corrected chi connectivity index (χ1v) is 16.8. The van der Waals surface area contributed by atoms with Gasteiger partial charge in [0.05, 0.1) is 12.2 Å². The van der Waals surface area contributed by atoms with E-state index in [1.165, 1.54) is 64.2 Å². The summed E-state index contributed by atoms with van der Waals surface area (Å²) in [7, 11) is 3.61. The molecule has 2 N–H and O–H groups in total. The second-order valence-electron chi connectivity index (χ2n) is 9.96. The third-order valence-electron chi connectivity index (χ3n) is 6.45. The van der Waals surface area contributed by atoms with Gasteiger partial charge in [0.2, 0.25) is 0 Å². The molecule has 1 aromatic heterocycles. The lowest BCUT2D eigenvalue weighted by atomic mass is 10.1. The van der Waals surface area contributed by atoms with Crippen molar-refractivity contribution in [3.8, 4) is 0 Å². The number of pyridine rings is 1. The minimum absolute atomic E-state index is 0.281. The Morgan fingerprint density at radius 2 is 1.31 bits per heavy atom. The molecule has 35 heavy (non-hydrogen) atoms. The maximum absolute atomic E-state index is 10.7. The van der Waals surface area contributed by atoms with Gasteiger partial charge in [-0.25, -0.2) is 4.98 Å². The summed E-state index contributed by atoms with van der Waals surface area (Å²) in [6.07, 6.45) is 20.4. The van der Waals surface area contributed by atoms with Gasteiger partial charge in [-0.2, -0.15) is 0 Å². The summed E-state index contributed by atoms with van der Waals surface area (Å²) >= 11 is 0. The van der Waals surface area contributed by atoms with Crippen LogP contribution in [-0.4, -0.2) is 57.7 Å². The molecule has 0 saturated heterocycles. The molecule has 4 nitrogen and oxygen atoms in total. The molecule has 2 atom stereocenters. The molecule has 0 fully saturated rings. The molecule has 0 aliphatic rings. The summed E-state index contributed by atoms with van der Waals surface area (Å²) in [5, 5.41) is 22.4. The molecule has 6 heteroatoms. The topological polar surface area (TPSA) is 56.6 Å². The zero-order valence-electron chi connectivity index (χ0n) is 22.7. The Morgan fingerprint density at radius 1 is 0.743 bits per heavy atom. The quantitative estimate of drug-likeness (QED) is 0.0991. The smallest absolute Gasteiger partial charge is 0.106 e. The average Bonchev–Trinajstić information content (AvgIpc) is 2.86. The highest BCUT2D eigenvalue weighted by Crippen LogP contribution is 2.29. The molecular formula is C29H54N2O2S2. The Kier molecular flexibility index (Phi) is 22.5. The van der Waals surface area contributed by atoms with E-state index in [0.29, 0.717) is 13.1 Å². The summed E-state index contributed by atoms with van der Waals surface area (Å²) in [4.78, 5) is 6.68. The van der Waals surface area contributed by atoms with Gasteiger partial charge in [-0.15, -0.1) is 0 Å². The van der Waals surface area contributed by atoms with E-state index in [2.05, 4.69) is 29.8 Å². The van der Waals surface area contributed by atoms with E-state index in [4.69, 9.17) is 0 Å². The Bertz CT molecular complexity index is 541. The number of aliphatic hydroxyl groups is 2. The van der Waals surface area contributed by atoms with Crippen LogP contribution in [-0.2, 0) is 0 Å². The van der Waals surface area contributed by atoms with Crippen molar-refractivity contribution in [3.63, 3.8) is 0 Å². The molecule has 1 heterocycles. The number of unbranched alkanes of at least 4 members (excludes halogenated alkanes) is 11. The summed E-state index contributed by atoms with van der Waals surface area (Å²) in [6, 6.07) is 6.03. The predicted molar refractivity (Wildman–Crippen MR) is 156 cm³/mol. The van der Waals surface area contributed by atoms with Crippen LogP contribution >= 0.6 is 21.6 Å². The summed E-state index contributed by atoms with van der Waals surface area (Å²) in [5.41, 5.74) is 0. The fourth-order valence-corrected chi connectivity index (χ4v) is 6.38. The summed E-state index contributed by atoms with van der Waals surface area (Å²) < 4.78 is 0. The van der Waals surface area contributed by atoms with E-state index in [-0.39, 0.29) is 12.2 Å². The second-order valence-corrected chi connectivity index (χ2v) is 12.4. The SMILES string of the molecule is CCCCCCCCC(O)CN(CCCCSSc1ccccn1)CC(O)CCCCCCCC. The van der Waals surface area contributed by atoms with Crippen LogP contribution in [0.2, 0.25) is 0 Å². The van der Waals surface area contributed by atoms with Crippen LogP contribution in [0.5, 0.6) is 0 Å². The predicted octanol–water partition coefficient (Wildman–Crippen LogP) is 8.13. The lowest BCUT2D eigenvalue weighted by molar-refractivity contribution is 0.0599. The molecule has 0 amide bonds. The summed E-state index contributed by atoms with van der Waals surface area (Å²) in [6.45, 7) is 6.83. The molecule has 0 aromatic carbocycles. The molecular weight excluding hydrogens is 472 g/mol. The van der Waals surface area contributed by atoms with E-state index in [0.717, 1.165) is 55.8 Å². The highest BCUT2D eigenvalue weighted by Gasteiger charge is 2.15. The lowest BCUT2D eigenvalue weighted by Crippen LogP contribution is -2.38. The van der Waals surface area contributed by atoms with Crippen molar-refractivity contribution in [3.05, 3.63) is 24.4 Å². The minimum atomic E-state index is -0.281. The highest BCUT2D eigenvalue weighted by molar-refractivity contribution is 8.76. The van der Waals surface area contributed by atoms with Gasteiger partial charge in [0.25, 0.3) is 0 Å². The van der Waals surface area contributed by atoms with Crippen LogP contribution in [0.15, 0.2) is 29.4 Å². The molecule has 204 valence electrons. The van der Waals surface area contributed by atoms with Gasteiger partial charge >= 0.3 is 0 Å². The maximum atomic E-state index is 10.7. The number of nitrogens with zero attached hydrogens (tertiary/aromatic N) is 2. The van der Waals surface area contributed by atoms with Crippen molar-refractivity contribution < 1.29 is 10.2 Å². The van der Waals surface area contributed by atoms with E-state index in [1.807, 2.05) is 29.1 Å². The van der Waals surface area contributed by atoms with E-state index < -0.39 is 0 Å². The monoisotopic (exact) mass is 526 g/mol. The Hall–Kier alpha value is -0.270. The zero-order chi connectivity index (χ0) is 25.4. The summed E-state index contributed by atoms with van der Waals surface area (Å²) in [5.74, 6) is 1.09. The Morgan fingerprint density at radius 3 is 1.86 bits per heavy atom. The van der Waals surface area contributed by atoms with Gasteiger partial charge in [-0.1, -0.05) is 108 Å². The Labute approximate surface area is 224 Å². The number of aliphatic hydroxyl groups excluding tert-OH is 2. The molecule has 0 bridgehead atoms. The fraction of sp³-hybridized carbons (Fsp3) is 0.828. The van der Waals surface area contributed by atoms with Crippen molar-refractivity contribution >= 4 is 21.6 Å². The van der Waals surface area contributed by atoms with Crippen molar-refractivity contribution in [2.75, 3.05) is 25.4 Å². The number of hydrogen-bond donors (Lipinski definition) is 2. The highest BCUT2D eigenvalue weighted by atomic mass is 33.1. The van der Waals surface area contributed by atoms with Gasteiger partial charge < -0.3 is 10.2 Å². The first kappa shape index (κ1) is 32.8. The third kappa shape index (κ3) is 20.5. The van der Waals surface area contributed by atoms with Crippen LogP contribution in [0.1, 0.15) is 117 Å². The van der Waals surface area contributed by atoms with Gasteiger partial charge in [0, 0.05) is 25.0 Å². The zero-order valence-corrected chi connectivity index (χ0v) is 24.3. The van der Waals surface area contributed by atoms with Crippen molar-refractivity contribution in [1.29, 1.82) is 0 Å². The fourth-order valence-electron chi connectivity index (χ4n) is 4.35. The average molecular weight is 527 g/mol. The normalized spacial score (nSPS) is 13.4. The van der Waals surface area contributed by atoms with Gasteiger partial charge in [0.15, 0.2) is 0 Å². The molecule has 0 saturated carbocycles. The number of hydrogen-bond acceptors (Lipinski definition) is 6. The molecule has 2 unspecified atom stereocenters. The van der Waals surface area contributed by atoms with Gasteiger partial charge in [-0.3, -0.25) is 4.90 Å².